The first-order chi connectivity index (χ1) is 6.79. The number of aryl methyl sites for hydroxylation is 1. The lowest BCUT2D eigenvalue weighted by molar-refractivity contribution is -0.116. The van der Waals surface area contributed by atoms with Gasteiger partial charge in [-0.1, -0.05) is 12.1 Å². The number of nitrogens with one attached hydrogen (secondary N) is 2. The zero-order valence-corrected chi connectivity index (χ0v) is 8.26. The molecule has 0 atom stereocenters. The van der Waals surface area contributed by atoms with E-state index >= 15 is 0 Å². The van der Waals surface area contributed by atoms with Crippen LogP contribution < -0.4 is 10.6 Å². The molecule has 0 spiro atoms. The zero-order valence-electron chi connectivity index (χ0n) is 8.26. The van der Waals surface area contributed by atoms with Gasteiger partial charge in [-0.3, -0.25) is 4.79 Å². The molecule has 1 aromatic rings. The summed E-state index contributed by atoms with van der Waals surface area (Å²) in [6.45, 7) is 0.876. The molecule has 0 unspecified atom stereocenters. The van der Waals surface area contributed by atoms with Gasteiger partial charge in [-0.25, -0.2) is 0 Å². The van der Waals surface area contributed by atoms with Crippen LogP contribution >= 0.6 is 0 Å². The maximum atomic E-state index is 11.1. The Morgan fingerprint density at radius 3 is 3.07 bits per heavy atom. The number of amides is 1. The van der Waals surface area contributed by atoms with E-state index in [0.29, 0.717) is 6.42 Å². The van der Waals surface area contributed by atoms with Crippen LogP contribution in [0, 0.1) is 0 Å². The predicted molar refractivity (Wildman–Crippen MR) is 56.2 cm³/mol. The van der Waals surface area contributed by atoms with E-state index in [2.05, 4.69) is 16.7 Å². The second kappa shape index (κ2) is 3.80. The molecule has 1 aromatic carbocycles. The Hall–Kier alpha value is -1.35. The number of hydrogen-bond donors (Lipinski definition) is 2. The summed E-state index contributed by atoms with van der Waals surface area (Å²) < 4.78 is 0. The van der Waals surface area contributed by atoms with Gasteiger partial charge in [0, 0.05) is 18.7 Å². The van der Waals surface area contributed by atoms with E-state index in [1.165, 1.54) is 11.1 Å². The minimum atomic E-state index is 0.124. The molecule has 1 heterocycles. The summed E-state index contributed by atoms with van der Waals surface area (Å²) in [7, 11) is 1.93. The molecule has 1 aliphatic rings. The fraction of sp³-hybridized carbons (Fsp3) is 0.364. The third-order valence-corrected chi connectivity index (χ3v) is 2.45. The second-order valence-corrected chi connectivity index (χ2v) is 3.57. The van der Waals surface area contributed by atoms with Crippen molar-refractivity contribution >= 4 is 11.6 Å². The highest BCUT2D eigenvalue weighted by Crippen LogP contribution is 2.23. The van der Waals surface area contributed by atoms with Crippen LogP contribution in [0.3, 0.4) is 0 Å². The van der Waals surface area contributed by atoms with Gasteiger partial charge in [0.1, 0.15) is 0 Å². The molecule has 14 heavy (non-hydrogen) atoms. The van der Waals surface area contributed by atoms with Crippen LogP contribution in [0.25, 0.3) is 0 Å². The Kier molecular flexibility index (Phi) is 2.50. The van der Waals surface area contributed by atoms with Crippen molar-refractivity contribution < 1.29 is 4.79 Å². The lowest BCUT2D eigenvalue weighted by Crippen LogP contribution is -2.19. The van der Waals surface area contributed by atoms with Crippen molar-refractivity contribution in [2.45, 2.75) is 19.4 Å². The summed E-state index contributed by atoms with van der Waals surface area (Å²) in [5.74, 6) is 0.124. The van der Waals surface area contributed by atoms with Gasteiger partial charge in [-0.2, -0.15) is 0 Å². The van der Waals surface area contributed by atoms with Gasteiger partial charge in [0.2, 0.25) is 5.91 Å². The van der Waals surface area contributed by atoms with Crippen molar-refractivity contribution in [2.75, 3.05) is 12.4 Å². The maximum absolute atomic E-state index is 11.1. The zero-order chi connectivity index (χ0) is 9.97. The summed E-state index contributed by atoms with van der Waals surface area (Å²) in [5, 5.41) is 5.98. The van der Waals surface area contributed by atoms with Gasteiger partial charge >= 0.3 is 0 Å². The third-order valence-electron chi connectivity index (χ3n) is 2.45. The number of carbonyl (C=O) groups excluding carboxylic acids is 1. The normalized spacial score (nSPS) is 14.8. The molecule has 0 aliphatic carbocycles. The Balaban J connectivity index is 2.26. The lowest BCUT2D eigenvalue weighted by Gasteiger charge is -2.17. The summed E-state index contributed by atoms with van der Waals surface area (Å²) in [4.78, 5) is 11.1. The standard InChI is InChI=1S/C11H14N2O/c1-12-7-8-2-4-10-9(6-8)3-5-11(14)13-10/h2,4,6,12H,3,5,7H2,1H3,(H,13,14). The molecule has 74 valence electrons. The van der Waals surface area contributed by atoms with Gasteiger partial charge in [-0.05, 0) is 30.7 Å². The van der Waals surface area contributed by atoms with Gasteiger partial charge < -0.3 is 10.6 Å². The Morgan fingerprint density at radius 1 is 1.43 bits per heavy atom. The first-order valence-corrected chi connectivity index (χ1v) is 4.86. The highest BCUT2D eigenvalue weighted by molar-refractivity contribution is 5.93. The SMILES string of the molecule is CNCc1ccc2c(c1)CCC(=O)N2. The van der Waals surface area contributed by atoms with Crippen molar-refractivity contribution in [1.29, 1.82) is 0 Å². The summed E-state index contributed by atoms with van der Waals surface area (Å²) >= 11 is 0. The summed E-state index contributed by atoms with van der Waals surface area (Å²) in [6.07, 6.45) is 1.47. The first-order valence-electron chi connectivity index (χ1n) is 4.86. The molecule has 0 radical (unpaired) electrons. The number of fused-ring (bicyclic) bond motifs is 1. The van der Waals surface area contributed by atoms with Crippen molar-refractivity contribution in [3.63, 3.8) is 0 Å². The van der Waals surface area contributed by atoms with E-state index in [4.69, 9.17) is 0 Å². The molecule has 3 nitrogen and oxygen atoms in total. The smallest absolute Gasteiger partial charge is 0.224 e. The number of benzene rings is 1. The molecule has 2 rings (SSSR count). The van der Waals surface area contributed by atoms with E-state index in [1.807, 2.05) is 19.2 Å². The van der Waals surface area contributed by atoms with Crippen molar-refractivity contribution in [2.24, 2.45) is 0 Å². The summed E-state index contributed by atoms with van der Waals surface area (Å²) in [5.41, 5.74) is 3.49. The van der Waals surface area contributed by atoms with Gasteiger partial charge in [0.05, 0.1) is 0 Å². The third kappa shape index (κ3) is 1.77. The predicted octanol–water partition coefficient (Wildman–Crippen LogP) is 1.29. The monoisotopic (exact) mass is 190 g/mol. The second-order valence-electron chi connectivity index (χ2n) is 3.57. The Bertz CT molecular complexity index is 360. The first kappa shape index (κ1) is 9.21. The fourth-order valence-electron chi connectivity index (χ4n) is 1.75. The highest BCUT2D eigenvalue weighted by atomic mass is 16.1. The fourth-order valence-corrected chi connectivity index (χ4v) is 1.75. The molecule has 2 N–H and O–H groups in total. The molecule has 1 amide bonds. The van der Waals surface area contributed by atoms with Crippen LogP contribution in [0.2, 0.25) is 0 Å². The minimum absolute atomic E-state index is 0.124. The van der Waals surface area contributed by atoms with Crippen molar-refractivity contribution in [3.8, 4) is 0 Å². The summed E-state index contributed by atoms with van der Waals surface area (Å²) in [6, 6.07) is 6.19. The van der Waals surface area contributed by atoms with Crippen LogP contribution in [0.15, 0.2) is 18.2 Å². The average molecular weight is 190 g/mol. The topological polar surface area (TPSA) is 41.1 Å². The molecule has 0 aromatic heterocycles. The molecular weight excluding hydrogens is 176 g/mol. The van der Waals surface area contributed by atoms with Crippen LogP contribution in [-0.2, 0) is 17.8 Å². The van der Waals surface area contributed by atoms with Crippen LogP contribution in [0.4, 0.5) is 5.69 Å². The van der Waals surface area contributed by atoms with Gasteiger partial charge in [-0.15, -0.1) is 0 Å². The number of carbonyl (C=O) groups is 1. The van der Waals surface area contributed by atoms with Gasteiger partial charge in [0.15, 0.2) is 0 Å². The molecule has 0 saturated heterocycles. The maximum Gasteiger partial charge on any atom is 0.224 e. The van der Waals surface area contributed by atoms with E-state index in [9.17, 15) is 4.79 Å². The average Bonchev–Trinajstić information content (AvgIpc) is 2.19. The number of rotatable bonds is 2. The molecule has 0 fully saturated rings. The Labute approximate surface area is 83.5 Å². The van der Waals surface area contributed by atoms with E-state index in [-0.39, 0.29) is 5.91 Å². The van der Waals surface area contributed by atoms with Crippen molar-refractivity contribution in [1.82, 2.24) is 5.32 Å². The van der Waals surface area contributed by atoms with Crippen LogP contribution in [-0.4, -0.2) is 13.0 Å². The molecule has 0 bridgehead atoms. The van der Waals surface area contributed by atoms with Crippen molar-refractivity contribution in [3.05, 3.63) is 29.3 Å². The van der Waals surface area contributed by atoms with E-state index < -0.39 is 0 Å². The lowest BCUT2D eigenvalue weighted by atomic mass is 10.0. The number of anilines is 1. The number of hydrogen-bond acceptors (Lipinski definition) is 2. The highest BCUT2D eigenvalue weighted by Gasteiger charge is 2.14. The molecule has 1 aliphatic heterocycles. The van der Waals surface area contributed by atoms with Crippen LogP contribution in [0.1, 0.15) is 17.5 Å². The quantitative estimate of drug-likeness (QED) is 0.737. The van der Waals surface area contributed by atoms with E-state index in [0.717, 1.165) is 18.7 Å². The molecular formula is C11H14N2O. The molecule has 0 saturated carbocycles. The Morgan fingerprint density at radius 2 is 2.29 bits per heavy atom. The molecule has 3 heteroatoms. The largest absolute Gasteiger partial charge is 0.326 e. The van der Waals surface area contributed by atoms with Gasteiger partial charge in [0.25, 0.3) is 0 Å². The van der Waals surface area contributed by atoms with Crippen LogP contribution in [0.5, 0.6) is 0 Å². The van der Waals surface area contributed by atoms with E-state index in [1.54, 1.807) is 0 Å². The minimum Gasteiger partial charge on any atom is -0.326 e.